The van der Waals surface area contributed by atoms with Gasteiger partial charge in [-0.15, -0.1) is 0 Å². The Bertz CT molecular complexity index is 377. The molecule has 0 fully saturated rings. The molecule has 0 aliphatic heterocycles. The summed E-state index contributed by atoms with van der Waals surface area (Å²) in [6.45, 7) is 10.3. The van der Waals surface area contributed by atoms with E-state index in [4.69, 9.17) is 0 Å². The van der Waals surface area contributed by atoms with Gasteiger partial charge in [0.25, 0.3) is 0 Å². The third-order valence-electron chi connectivity index (χ3n) is 3.14. The van der Waals surface area contributed by atoms with Gasteiger partial charge in [0.15, 0.2) is 5.78 Å². The zero-order valence-electron chi connectivity index (χ0n) is 11.0. The van der Waals surface area contributed by atoms with Gasteiger partial charge >= 0.3 is 0 Å². The Balaban J connectivity index is 3.23. The van der Waals surface area contributed by atoms with Gasteiger partial charge in [-0.2, -0.15) is 0 Å². The first kappa shape index (κ1) is 13.0. The van der Waals surface area contributed by atoms with E-state index in [1.165, 1.54) is 5.56 Å². The Hall–Kier alpha value is -1.11. The monoisotopic (exact) mass is 218 g/mol. The molecule has 1 rings (SSSR count). The van der Waals surface area contributed by atoms with Gasteiger partial charge in [0.2, 0.25) is 0 Å². The average Bonchev–Trinajstić information content (AvgIpc) is 2.26. The predicted octanol–water partition coefficient (Wildman–Crippen LogP) is 4.35. The fourth-order valence-corrected chi connectivity index (χ4v) is 1.84. The third kappa shape index (κ3) is 2.72. The van der Waals surface area contributed by atoms with Crippen molar-refractivity contribution < 1.29 is 4.79 Å². The molecule has 0 heterocycles. The van der Waals surface area contributed by atoms with Crippen molar-refractivity contribution in [3.63, 3.8) is 0 Å². The number of Topliss-reactive ketones (excluding diaryl/α,β-unsaturated/α-hetero) is 1. The van der Waals surface area contributed by atoms with Crippen LogP contribution in [0.1, 0.15) is 61.5 Å². The number of hydrogen-bond acceptors (Lipinski definition) is 1. The van der Waals surface area contributed by atoms with Crippen molar-refractivity contribution in [1.29, 1.82) is 0 Å². The van der Waals surface area contributed by atoms with E-state index in [9.17, 15) is 4.79 Å². The highest BCUT2D eigenvalue weighted by Crippen LogP contribution is 2.25. The van der Waals surface area contributed by atoms with E-state index >= 15 is 0 Å². The summed E-state index contributed by atoms with van der Waals surface area (Å²) in [7, 11) is 0. The summed E-state index contributed by atoms with van der Waals surface area (Å²) < 4.78 is 0. The number of aryl methyl sites for hydroxylation is 1. The lowest BCUT2D eigenvalue weighted by Crippen LogP contribution is -2.12. The van der Waals surface area contributed by atoms with Crippen LogP contribution < -0.4 is 0 Å². The molecule has 1 heteroatoms. The molecule has 1 nitrogen and oxygen atoms in total. The Kier molecular flexibility index (Phi) is 4.28. The molecule has 0 saturated heterocycles. The fourth-order valence-electron chi connectivity index (χ4n) is 1.84. The molecule has 1 unspecified atom stereocenters. The molecular weight excluding hydrogens is 196 g/mol. The van der Waals surface area contributed by atoms with Gasteiger partial charge < -0.3 is 0 Å². The van der Waals surface area contributed by atoms with Crippen molar-refractivity contribution in [2.75, 3.05) is 0 Å². The molecule has 0 aliphatic rings. The van der Waals surface area contributed by atoms with E-state index in [-0.39, 0.29) is 11.7 Å². The van der Waals surface area contributed by atoms with Crippen LogP contribution in [0, 0.1) is 12.8 Å². The van der Waals surface area contributed by atoms with Crippen LogP contribution in [0.25, 0.3) is 0 Å². The molecule has 88 valence electrons. The van der Waals surface area contributed by atoms with Crippen LogP contribution in [0.3, 0.4) is 0 Å². The van der Waals surface area contributed by atoms with Crippen LogP contribution in [0.5, 0.6) is 0 Å². The number of carbonyl (C=O) groups excluding carboxylic acids is 1. The molecule has 0 aromatic heterocycles. The minimum Gasteiger partial charge on any atom is -0.294 e. The van der Waals surface area contributed by atoms with E-state index in [1.807, 2.05) is 26.8 Å². The van der Waals surface area contributed by atoms with Crippen LogP contribution >= 0.6 is 0 Å². The molecule has 0 saturated carbocycles. The predicted molar refractivity (Wildman–Crippen MR) is 69.1 cm³/mol. The van der Waals surface area contributed by atoms with Crippen LogP contribution in [0.2, 0.25) is 0 Å². The Labute approximate surface area is 98.9 Å². The van der Waals surface area contributed by atoms with Crippen LogP contribution in [0.15, 0.2) is 18.2 Å². The summed E-state index contributed by atoms with van der Waals surface area (Å²) in [5.74, 6) is 0.793. The van der Waals surface area contributed by atoms with Gasteiger partial charge in [-0.05, 0) is 30.9 Å². The highest BCUT2D eigenvalue weighted by atomic mass is 16.1. The maximum atomic E-state index is 12.1. The summed E-state index contributed by atoms with van der Waals surface area (Å²) >= 11 is 0. The summed E-state index contributed by atoms with van der Waals surface area (Å²) in [4.78, 5) is 12.1. The topological polar surface area (TPSA) is 17.1 Å². The van der Waals surface area contributed by atoms with Crippen LogP contribution in [0.4, 0.5) is 0 Å². The van der Waals surface area contributed by atoms with E-state index in [0.717, 1.165) is 17.5 Å². The van der Waals surface area contributed by atoms with Crippen LogP contribution in [-0.2, 0) is 0 Å². The van der Waals surface area contributed by atoms with E-state index < -0.39 is 0 Å². The molecule has 0 N–H and O–H groups in total. The first-order valence-corrected chi connectivity index (χ1v) is 6.12. The lowest BCUT2D eigenvalue weighted by molar-refractivity contribution is 0.0938. The maximum absolute atomic E-state index is 12.1. The number of rotatable bonds is 4. The second kappa shape index (κ2) is 5.29. The second-order valence-electron chi connectivity index (χ2n) is 4.92. The van der Waals surface area contributed by atoms with Crippen molar-refractivity contribution >= 4 is 5.78 Å². The Morgan fingerprint density at radius 1 is 1.25 bits per heavy atom. The quantitative estimate of drug-likeness (QED) is 0.687. The van der Waals surface area contributed by atoms with Crippen molar-refractivity contribution in [1.82, 2.24) is 0 Å². The number of ketones is 1. The van der Waals surface area contributed by atoms with Crippen LogP contribution in [-0.4, -0.2) is 5.78 Å². The highest BCUT2D eigenvalue weighted by molar-refractivity contribution is 5.99. The van der Waals surface area contributed by atoms with E-state index in [2.05, 4.69) is 26.0 Å². The minimum atomic E-state index is 0.0737. The lowest BCUT2D eigenvalue weighted by atomic mass is 9.88. The molecule has 0 aliphatic carbocycles. The van der Waals surface area contributed by atoms with E-state index in [0.29, 0.717) is 5.92 Å². The molecule has 1 aromatic carbocycles. The van der Waals surface area contributed by atoms with Gasteiger partial charge in [0, 0.05) is 11.5 Å². The molecule has 16 heavy (non-hydrogen) atoms. The SMILES string of the molecule is CCC(C)c1ccc(C)cc1C(=O)C(C)C. The maximum Gasteiger partial charge on any atom is 0.165 e. The zero-order chi connectivity index (χ0) is 12.3. The average molecular weight is 218 g/mol. The first-order chi connectivity index (χ1) is 7.47. The van der Waals surface area contributed by atoms with Crippen molar-refractivity contribution in [2.24, 2.45) is 5.92 Å². The van der Waals surface area contributed by atoms with Gasteiger partial charge in [0.1, 0.15) is 0 Å². The Morgan fingerprint density at radius 3 is 2.38 bits per heavy atom. The number of benzene rings is 1. The summed E-state index contributed by atoms with van der Waals surface area (Å²) in [5.41, 5.74) is 3.28. The van der Waals surface area contributed by atoms with Gasteiger partial charge in [-0.3, -0.25) is 4.79 Å². The molecule has 0 bridgehead atoms. The first-order valence-electron chi connectivity index (χ1n) is 6.12. The van der Waals surface area contributed by atoms with Gasteiger partial charge in [-0.25, -0.2) is 0 Å². The van der Waals surface area contributed by atoms with Crippen molar-refractivity contribution in [3.8, 4) is 0 Å². The normalized spacial score (nSPS) is 12.9. The summed E-state index contributed by atoms with van der Waals surface area (Å²) in [6.07, 6.45) is 1.07. The molecule has 0 radical (unpaired) electrons. The summed E-state index contributed by atoms with van der Waals surface area (Å²) in [5, 5.41) is 0. The van der Waals surface area contributed by atoms with Gasteiger partial charge in [-0.1, -0.05) is 45.4 Å². The third-order valence-corrected chi connectivity index (χ3v) is 3.14. The molecular formula is C15H22O. The second-order valence-corrected chi connectivity index (χ2v) is 4.92. The minimum absolute atomic E-state index is 0.0737. The molecule has 1 aromatic rings. The highest BCUT2D eigenvalue weighted by Gasteiger charge is 2.17. The smallest absolute Gasteiger partial charge is 0.165 e. The summed E-state index contributed by atoms with van der Waals surface area (Å²) in [6, 6.07) is 6.24. The lowest BCUT2D eigenvalue weighted by Gasteiger charge is -2.16. The fraction of sp³-hybridized carbons (Fsp3) is 0.533. The molecule has 0 amide bonds. The van der Waals surface area contributed by atoms with E-state index in [1.54, 1.807) is 0 Å². The Morgan fingerprint density at radius 2 is 1.88 bits per heavy atom. The number of carbonyl (C=O) groups is 1. The molecule has 1 atom stereocenters. The largest absolute Gasteiger partial charge is 0.294 e. The van der Waals surface area contributed by atoms with Crippen molar-refractivity contribution in [2.45, 2.75) is 47.0 Å². The molecule has 0 spiro atoms. The number of hydrogen-bond donors (Lipinski definition) is 0. The standard InChI is InChI=1S/C15H22O/c1-6-12(5)13-8-7-11(4)9-14(13)15(16)10(2)3/h7-10,12H,6H2,1-5H3. The zero-order valence-corrected chi connectivity index (χ0v) is 11.0. The van der Waals surface area contributed by atoms with Crippen molar-refractivity contribution in [3.05, 3.63) is 34.9 Å². The van der Waals surface area contributed by atoms with Gasteiger partial charge in [0.05, 0.1) is 0 Å².